The Morgan fingerprint density at radius 3 is 0.551 bits per heavy atom. The SMILES string of the molecule is CC#N.CC#N.CC#N.CC(CP(c1ccccc1)c1ccccc1)(CP(c1ccccc1)c1ccccc1)CP(c1ccccc1)c1ccccc1.O=S(=O)([O-])C(F)(F)F.O=S(=O)([O-])C(F)(F)F.O=S(=O)([O-])C(F)(F)F.[Rh+3]. The second kappa shape index (κ2) is 36.1. The predicted molar refractivity (Wildman–Crippen MR) is 281 cm³/mol. The Morgan fingerprint density at radius 1 is 0.359 bits per heavy atom. The van der Waals surface area contributed by atoms with Crippen molar-refractivity contribution in [3.63, 3.8) is 0 Å². The van der Waals surface area contributed by atoms with Gasteiger partial charge in [0.25, 0.3) is 0 Å². The van der Waals surface area contributed by atoms with Gasteiger partial charge in [0.2, 0.25) is 0 Å². The Balaban J connectivity index is 0. The van der Waals surface area contributed by atoms with Crippen LogP contribution in [-0.2, 0) is 49.8 Å². The number of hydrogen-bond acceptors (Lipinski definition) is 12. The molecule has 0 saturated heterocycles. The molecule has 6 aromatic rings. The Kier molecular flexibility index (Phi) is 34.7. The van der Waals surface area contributed by atoms with E-state index in [0.29, 0.717) is 0 Å². The molecule has 0 bridgehead atoms. The summed E-state index contributed by atoms with van der Waals surface area (Å²) >= 11 is 0. The molecule has 12 nitrogen and oxygen atoms in total. The van der Waals surface area contributed by atoms with Gasteiger partial charge >= 0.3 is 36.0 Å². The number of rotatable bonds is 12. The van der Waals surface area contributed by atoms with E-state index in [9.17, 15) is 39.5 Å². The first kappa shape index (κ1) is 74.9. The van der Waals surface area contributed by atoms with Crippen LogP contribution in [-0.4, -0.2) is 73.9 Å². The third-order valence-corrected chi connectivity index (χ3v) is 19.3. The van der Waals surface area contributed by atoms with Crippen LogP contribution in [0.15, 0.2) is 182 Å². The van der Waals surface area contributed by atoms with Crippen molar-refractivity contribution >= 4 is 85.9 Å². The van der Waals surface area contributed by atoms with E-state index >= 15 is 0 Å². The van der Waals surface area contributed by atoms with Crippen LogP contribution in [0.4, 0.5) is 39.5 Å². The molecule has 0 amide bonds. The first-order valence-electron chi connectivity index (χ1n) is 21.3. The molecule has 0 fully saturated rings. The molecule has 0 aliphatic rings. The van der Waals surface area contributed by atoms with Gasteiger partial charge in [0.05, 0.1) is 18.2 Å². The normalized spacial score (nSPS) is 11.2. The summed E-state index contributed by atoms with van der Waals surface area (Å²) in [5.41, 5.74) is -16.9. The molecular formula is C50H48F9N3O9P3RhS3. The summed E-state index contributed by atoms with van der Waals surface area (Å²) in [6.45, 7) is 6.90. The minimum Gasteiger partial charge on any atom is -0.741 e. The Labute approximate surface area is 465 Å². The van der Waals surface area contributed by atoms with E-state index in [1.807, 2.05) is 0 Å². The number of hydrogen-bond donors (Lipinski definition) is 0. The number of nitrogens with zero attached hydrogens (tertiary/aromatic N) is 3. The predicted octanol–water partition coefficient (Wildman–Crippen LogP) is 10.1. The van der Waals surface area contributed by atoms with E-state index in [1.165, 1.54) is 52.6 Å². The van der Waals surface area contributed by atoms with Crippen molar-refractivity contribution in [2.45, 2.75) is 44.2 Å². The minimum absolute atomic E-state index is 0. The molecule has 0 atom stereocenters. The van der Waals surface area contributed by atoms with Crippen LogP contribution in [0.3, 0.4) is 0 Å². The summed E-state index contributed by atoms with van der Waals surface area (Å²) in [6.07, 6.45) is 3.44. The van der Waals surface area contributed by atoms with Gasteiger partial charge < -0.3 is 13.7 Å². The molecule has 0 heterocycles. The standard InChI is InChI=1S/C41H39P3.3C2H3N.3CHF3O3S.Rh/c1-41(32-42(35-20-8-2-9-21-35)36-22-10-3-11-23-36,33-43(37-24-12-4-13-25-37)38-26-14-5-15-27-38)34-44(39-28-16-6-17-29-39)40-30-18-7-19-31-40;3*1-2-3;3*2-1(3,4)8(5,6)7;/h2-31H,32-34H2,1H3;3*1H3;3*(H,5,6,7);/q;;;;;;;+3/p-3. The maximum Gasteiger partial charge on any atom is 3.00 e. The van der Waals surface area contributed by atoms with Crippen LogP contribution in [0.25, 0.3) is 0 Å². The van der Waals surface area contributed by atoms with E-state index in [-0.39, 0.29) is 24.9 Å². The molecule has 422 valence electrons. The van der Waals surface area contributed by atoms with Gasteiger partial charge in [-0.05, 0) is 79.5 Å². The minimum atomic E-state index is -6.09. The molecule has 0 aliphatic carbocycles. The fourth-order valence-corrected chi connectivity index (χ4v) is 14.6. The van der Waals surface area contributed by atoms with E-state index in [0.717, 1.165) is 18.5 Å². The summed E-state index contributed by atoms with van der Waals surface area (Å²) in [6, 6.07) is 73.0. The van der Waals surface area contributed by atoms with Crippen molar-refractivity contribution in [3.8, 4) is 18.2 Å². The monoisotopic (exact) mass is 1300 g/mol. The van der Waals surface area contributed by atoms with Crippen molar-refractivity contribution in [1.29, 1.82) is 15.8 Å². The zero-order chi connectivity index (χ0) is 59.2. The molecule has 6 aromatic carbocycles. The third-order valence-electron chi connectivity index (χ3n) is 8.88. The van der Waals surface area contributed by atoms with E-state index in [4.69, 9.17) is 54.7 Å². The summed E-state index contributed by atoms with van der Waals surface area (Å²) < 4.78 is 177. The number of benzene rings is 6. The zero-order valence-corrected chi connectivity index (χ0v) is 48.0. The summed E-state index contributed by atoms with van der Waals surface area (Å²) in [4.78, 5) is 0. The van der Waals surface area contributed by atoms with Gasteiger partial charge in [-0.1, -0.05) is 189 Å². The first-order chi connectivity index (χ1) is 35.7. The van der Waals surface area contributed by atoms with Crippen LogP contribution in [0.1, 0.15) is 27.7 Å². The van der Waals surface area contributed by atoms with E-state index in [2.05, 4.69) is 189 Å². The number of alkyl halides is 9. The second-order valence-corrected chi connectivity index (χ2v) is 25.7. The molecule has 0 unspecified atom stereocenters. The molecule has 28 heteroatoms. The molecule has 78 heavy (non-hydrogen) atoms. The van der Waals surface area contributed by atoms with Gasteiger partial charge in [-0.3, -0.25) is 0 Å². The largest absolute Gasteiger partial charge is 3.00 e. The molecule has 0 saturated carbocycles. The van der Waals surface area contributed by atoms with Crippen LogP contribution in [0.5, 0.6) is 0 Å². The van der Waals surface area contributed by atoms with Crippen molar-refractivity contribution < 1.29 is 97.9 Å². The van der Waals surface area contributed by atoms with Crippen LogP contribution < -0.4 is 31.8 Å². The van der Waals surface area contributed by atoms with Crippen molar-refractivity contribution in [2.75, 3.05) is 18.5 Å². The molecule has 0 radical (unpaired) electrons. The molecule has 0 spiro atoms. The third kappa shape index (κ3) is 29.1. The average Bonchev–Trinajstić information content (AvgIpc) is 3.35. The van der Waals surface area contributed by atoms with E-state index in [1.54, 1.807) is 18.2 Å². The average molecular weight is 1300 g/mol. The topological polar surface area (TPSA) is 243 Å². The fraction of sp³-hybridized carbons (Fsp3) is 0.220. The first-order valence-corrected chi connectivity index (χ1v) is 30.1. The number of halogens is 9. The van der Waals surface area contributed by atoms with Gasteiger partial charge in [0.15, 0.2) is 30.4 Å². The summed E-state index contributed by atoms with van der Waals surface area (Å²) in [5.74, 6) is 0. The Hall–Kier alpha value is -5.20. The fourth-order valence-electron chi connectivity index (χ4n) is 5.94. The smallest absolute Gasteiger partial charge is 0.741 e. The Morgan fingerprint density at radius 2 is 0.462 bits per heavy atom. The van der Waals surface area contributed by atoms with Gasteiger partial charge in [-0.2, -0.15) is 55.3 Å². The van der Waals surface area contributed by atoms with Gasteiger partial charge in [-0.15, -0.1) is 0 Å². The van der Waals surface area contributed by atoms with Crippen LogP contribution in [0.2, 0.25) is 0 Å². The van der Waals surface area contributed by atoms with Gasteiger partial charge in [0, 0.05) is 20.8 Å². The van der Waals surface area contributed by atoms with Gasteiger partial charge in [-0.25, -0.2) is 25.3 Å². The van der Waals surface area contributed by atoms with E-state index < -0.39 is 70.6 Å². The maximum atomic E-state index is 10.7. The van der Waals surface area contributed by atoms with Crippen molar-refractivity contribution in [2.24, 2.45) is 5.41 Å². The summed E-state index contributed by atoms with van der Waals surface area (Å²) in [7, 11) is -19.9. The molecular weight excluding hydrogens is 1250 g/mol. The van der Waals surface area contributed by atoms with Crippen molar-refractivity contribution in [3.05, 3.63) is 182 Å². The van der Waals surface area contributed by atoms with Crippen molar-refractivity contribution in [1.82, 2.24) is 0 Å². The molecule has 0 N–H and O–H groups in total. The second-order valence-electron chi connectivity index (χ2n) is 15.0. The number of nitriles is 3. The molecule has 0 aromatic heterocycles. The summed E-state index contributed by atoms with van der Waals surface area (Å²) in [5, 5.41) is 30.7. The molecule has 0 aliphatic heterocycles. The zero-order valence-electron chi connectivity index (χ0n) is 41.3. The maximum absolute atomic E-state index is 10.7. The van der Waals surface area contributed by atoms with Gasteiger partial charge in [0.1, 0.15) is 0 Å². The van der Waals surface area contributed by atoms with Crippen LogP contribution >= 0.6 is 23.8 Å². The van der Waals surface area contributed by atoms with Crippen LogP contribution in [0, 0.1) is 39.4 Å². The molecule has 6 rings (SSSR count). The Bertz CT molecular complexity index is 2640. The quantitative estimate of drug-likeness (QED) is 0.0365.